The van der Waals surface area contributed by atoms with Gasteiger partial charge in [0.15, 0.2) is 14.3 Å². The van der Waals surface area contributed by atoms with Gasteiger partial charge in [-0.15, -0.1) is 0 Å². The van der Waals surface area contributed by atoms with E-state index in [4.69, 9.17) is 4.98 Å². The van der Waals surface area contributed by atoms with Crippen molar-refractivity contribution in [2.45, 2.75) is 44.2 Å². The van der Waals surface area contributed by atoms with Crippen LogP contribution in [0.25, 0.3) is 67.0 Å². The molecule has 0 spiro atoms. The predicted octanol–water partition coefficient (Wildman–Crippen LogP) is 16.1. The summed E-state index contributed by atoms with van der Waals surface area (Å²) in [6, 6.07) is 82.7. The second-order valence-corrected chi connectivity index (χ2v) is 27.4. The molecule has 2 aliphatic heterocycles. The number of hydrogen-bond acceptors (Lipinski definition) is 3. The SMILES string of the molecule is CC1(C)c2ccccc2P(=O)(c2ccc(-c3cccc(-c4cc(-c5ccc(-c6ccccc6)cc5)cc(-c5cccc(-c6ccc(P7(=O)c8ccccc8C(C)(C)C8C=CC=CC87)cc6)c5)n4)c3)cc2)c2ccccc21. The van der Waals surface area contributed by atoms with Gasteiger partial charge in [-0.25, -0.2) is 4.98 Å². The summed E-state index contributed by atoms with van der Waals surface area (Å²) in [5.41, 5.74) is 15.3. The van der Waals surface area contributed by atoms with Gasteiger partial charge in [-0.2, -0.15) is 0 Å². The number of benzene rings is 9. The van der Waals surface area contributed by atoms with Crippen LogP contribution >= 0.6 is 14.3 Å². The molecule has 13 rings (SSSR count). The van der Waals surface area contributed by atoms with E-state index in [1.54, 1.807) is 0 Å². The van der Waals surface area contributed by atoms with Gasteiger partial charge in [-0.1, -0.05) is 264 Å². The molecule has 0 fully saturated rings. The molecule has 5 heteroatoms. The van der Waals surface area contributed by atoms with Crippen molar-refractivity contribution < 1.29 is 9.13 Å². The summed E-state index contributed by atoms with van der Waals surface area (Å²) in [6.45, 7) is 9.06. The Labute approximate surface area is 447 Å². The van der Waals surface area contributed by atoms with Gasteiger partial charge < -0.3 is 9.13 Å². The van der Waals surface area contributed by atoms with Gasteiger partial charge in [0.05, 0.1) is 11.4 Å². The largest absolute Gasteiger partial charge is 0.313 e. The van der Waals surface area contributed by atoms with E-state index in [9.17, 15) is 0 Å². The molecule has 3 nitrogen and oxygen atoms in total. The first kappa shape index (κ1) is 47.8. The quantitative estimate of drug-likeness (QED) is 0.143. The van der Waals surface area contributed by atoms with Crippen LogP contribution in [-0.4, -0.2) is 10.6 Å². The zero-order valence-electron chi connectivity index (χ0n) is 43.1. The number of nitrogens with zero attached hydrogens (tertiary/aromatic N) is 1. The molecule has 3 heterocycles. The Kier molecular flexibility index (Phi) is 11.6. The van der Waals surface area contributed by atoms with E-state index in [0.29, 0.717) is 0 Å². The van der Waals surface area contributed by atoms with Crippen molar-refractivity contribution >= 4 is 40.8 Å². The lowest BCUT2D eigenvalue weighted by atomic mass is 9.70. The normalized spacial score (nSPS) is 19.2. The molecule has 3 atom stereocenters. The molecule has 0 saturated carbocycles. The van der Waals surface area contributed by atoms with Gasteiger partial charge in [-0.3, -0.25) is 0 Å². The fraction of sp³-hybridized carbons (Fsp3) is 0.113. The molecule has 1 aliphatic carbocycles. The van der Waals surface area contributed by atoms with Crippen molar-refractivity contribution in [3.8, 4) is 67.0 Å². The minimum atomic E-state index is -3.16. The number of rotatable bonds is 8. The van der Waals surface area contributed by atoms with Gasteiger partial charge in [0.25, 0.3) is 0 Å². The number of fused-ring (bicyclic) bond motifs is 4. The van der Waals surface area contributed by atoms with Crippen molar-refractivity contribution in [3.63, 3.8) is 0 Å². The van der Waals surface area contributed by atoms with Crippen molar-refractivity contribution in [1.82, 2.24) is 4.98 Å². The Balaban J connectivity index is 0.865. The minimum Gasteiger partial charge on any atom is -0.313 e. The highest BCUT2D eigenvalue weighted by molar-refractivity contribution is 7.85. The molecule has 0 saturated heterocycles. The van der Waals surface area contributed by atoms with Gasteiger partial charge in [0, 0.05) is 48.7 Å². The van der Waals surface area contributed by atoms with E-state index in [0.717, 1.165) is 99.1 Å². The Bertz CT molecular complexity index is 4000. The zero-order valence-corrected chi connectivity index (χ0v) is 44.9. The highest BCUT2D eigenvalue weighted by Gasteiger charge is 2.52. The molecule has 0 N–H and O–H groups in total. The number of allylic oxidation sites excluding steroid dienone is 4. The van der Waals surface area contributed by atoms with Crippen LogP contribution in [0, 0.1) is 5.92 Å². The van der Waals surface area contributed by atoms with E-state index in [-0.39, 0.29) is 22.4 Å². The average Bonchev–Trinajstić information content (AvgIpc) is 3.58. The van der Waals surface area contributed by atoms with Crippen molar-refractivity contribution in [1.29, 1.82) is 0 Å². The fourth-order valence-electron chi connectivity index (χ4n) is 12.6. The van der Waals surface area contributed by atoms with Crippen LogP contribution in [-0.2, 0) is 20.0 Å². The van der Waals surface area contributed by atoms with Crippen LogP contribution in [0.3, 0.4) is 0 Å². The number of pyridine rings is 1. The summed E-state index contributed by atoms with van der Waals surface area (Å²) in [5.74, 6) is 0.130. The Hall–Kier alpha value is -7.93. The first-order valence-electron chi connectivity index (χ1n) is 26.4. The molecule has 3 unspecified atom stereocenters. The maximum atomic E-state index is 15.8. The summed E-state index contributed by atoms with van der Waals surface area (Å²) in [6.07, 6.45) is 8.64. The third-order valence-electron chi connectivity index (χ3n) is 16.8. The first-order valence-corrected chi connectivity index (χ1v) is 29.9. The van der Waals surface area contributed by atoms with Crippen LogP contribution in [0.15, 0.2) is 261 Å². The van der Waals surface area contributed by atoms with Crippen LogP contribution < -0.4 is 26.5 Å². The van der Waals surface area contributed by atoms with Gasteiger partial charge in [-0.05, 0) is 96.8 Å². The lowest BCUT2D eigenvalue weighted by Gasteiger charge is -2.48. The lowest BCUT2D eigenvalue weighted by molar-refractivity contribution is 0.376. The Morgan fingerprint density at radius 1 is 0.355 bits per heavy atom. The van der Waals surface area contributed by atoms with Crippen molar-refractivity contribution in [3.05, 3.63) is 278 Å². The minimum absolute atomic E-state index is 0.107. The monoisotopic (exact) mass is 1020 g/mol. The number of aromatic nitrogens is 1. The predicted molar refractivity (Wildman–Crippen MR) is 320 cm³/mol. The summed E-state index contributed by atoms with van der Waals surface area (Å²) in [7, 11) is -6.21. The van der Waals surface area contributed by atoms with E-state index in [1.165, 1.54) is 11.1 Å². The lowest BCUT2D eigenvalue weighted by Crippen LogP contribution is -2.47. The fourth-order valence-corrected chi connectivity index (χ4v) is 19.8. The molecular weight excluding hydrogens is 961 g/mol. The summed E-state index contributed by atoms with van der Waals surface area (Å²) < 4.78 is 31.5. The number of hydrogen-bond donors (Lipinski definition) is 0. The second-order valence-electron chi connectivity index (χ2n) is 21.8. The van der Waals surface area contributed by atoms with Gasteiger partial charge in [0.2, 0.25) is 0 Å². The molecule has 1 aromatic heterocycles. The van der Waals surface area contributed by atoms with E-state index < -0.39 is 14.3 Å². The van der Waals surface area contributed by atoms with E-state index in [2.05, 4.69) is 264 Å². The molecule has 9 aromatic carbocycles. The second kappa shape index (κ2) is 18.4. The third-order valence-corrected chi connectivity index (χ3v) is 23.4. The summed E-state index contributed by atoms with van der Waals surface area (Å²) in [5, 5.41) is 4.55. The Morgan fingerprint density at radius 3 is 1.33 bits per heavy atom. The molecule has 3 aliphatic rings. The van der Waals surface area contributed by atoms with Crippen molar-refractivity contribution in [2.24, 2.45) is 5.92 Å². The van der Waals surface area contributed by atoms with Crippen LogP contribution in [0.5, 0.6) is 0 Å². The van der Waals surface area contributed by atoms with E-state index >= 15 is 9.13 Å². The van der Waals surface area contributed by atoms with Gasteiger partial charge in [0.1, 0.15) is 0 Å². The maximum absolute atomic E-state index is 15.8. The standard InChI is InChI=1S/C71H57NO2P2/c1-70(2)60-24-8-12-28-66(60)75(73,67-29-13-9-25-61(67)70)58-40-36-50(37-41-58)53-20-16-22-55(44-53)64-46-57(52-34-32-49(33-35-52)48-18-6-5-7-19-48)47-65(72-64)56-23-17-21-54(45-56)51-38-42-59(43-39-51)76(74)68-30-14-10-26-62(68)71(3,4)63-27-11-15-31-69(63)76/h5-47,60,66H,1-4H3. The van der Waals surface area contributed by atoms with Crippen LogP contribution in [0.2, 0.25) is 0 Å². The molecular formula is C71H57NO2P2. The molecule has 0 bridgehead atoms. The third kappa shape index (κ3) is 7.74. The zero-order chi connectivity index (χ0) is 51.8. The van der Waals surface area contributed by atoms with Crippen LogP contribution in [0.1, 0.15) is 44.4 Å². The smallest absolute Gasteiger partial charge is 0.171 e. The molecule has 0 radical (unpaired) electrons. The molecule has 76 heavy (non-hydrogen) atoms. The average molecular weight is 1020 g/mol. The highest BCUT2D eigenvalue weighted by Crippen LogP contribution is 2.62. The molecule has 0 amide bonds. The maximum Gasteiger partial charge on any atom is 0.171 e. The Morgan fingerprint density at radius 2 is 0.763 bits per heavy atom. The van der Waals surface area contributed by atoms with Crippen LogP contribution in [0.4, 0.5) is 0 Å². The van der Waals surface area contributed by atoms with E-state index in [1.807, 2.05) is 24.3 Å². The first-order chi connectivity index (χ1) is 36.9. The molecule has 368 valence electrons. The summed E-state index contributed by atoms with van der Waals surface area (Å²) in [4.78, 5) is 5.44. The van der Waals surface area contributed by atoms with Crippen molar-refractivity contribution in [2.75, 3.05) is 0 Å². The topological polar surface area (TPSA) is 47.0 Å². The summed E-state index contributed by atoms with van der Waals surface area (Å²) >= 11 is 0. The highest BCUT2D eigenvalue weighted by atomic mass is 31.2. The van der Waals surface area contributed by atoms with Gasteiger partial charge >= 0.3 is 0 Å². The molecule has 10 aromatic rings.